The molecule has 0 N–H and O–H groups in total. The molecule has 2 aromatic rings. The van der Waals surface area contributed by atoms with Crippen molar-refractivity contribution in [1.29, 1.82) is 0 Å². The van der Waals surface area contributed by atoms with E-state index in [9.17, 15) is 14.7 Å². The lowest BCUT2D eigenvalue weighted by atomic mass is 9.93. The molecule has 3 heteroatoms. The van der Waals surface area contributed by atoms with Crippen molar-refractivity contribution in [1.82, 2.24) is 0 Å². The number of benzene rings is 2. The second-order valence-electron chi connectivity index (χ2n) is 4.89. The number of carboxylic acids is 1. The predicted molar refractivity (Wildman–Crippen MR) is 71.8 cm³/mol. The van der Waals surface area contributed by atoms with E-state index in [1.165, 1.54) is 0 Å². The summed E-state index contributed by atoms with van der Waals surface area (Å²) in [5.74, 6) is -1.14. The van der Waals surface area contributed by atoms with E-state index in [0.29, 0.717) is 11.1 Å². The van der Waals surface area contributed by atoms with E-state index in [-0.39, 0.29) is 18.1 Å². The van der Waals surface area contributed by atoms with Gasteiger partial charge in [-0.15, -0.1) is 0 Å². The number of hydrogen-bond donors (Lipinski definition) is 0. The second-order valence-corrected chi connectivity index (χ2v) is 4.89. The Hall–Kier alpha value is -2.16. The van der Waals surface area contributed by atoms with Crippen molar-refractivity contribution in [3.8, 4) is 0 Å². The van der Waals surface area contributed by atoms with E-state index in [2.05, 4.69) is 0 Å². The monoisotopic (exact) mass is 255 g/mol. The third-order valence-electron chi connectivity index (χ3n) is 3.14. The van der Waals surface area contributed by atoms with Crippen LogP contribution in [0.15, 0.2) is 36.4 Å². The van der Waals surface area contributed by atoms with Crippen LogP contribution >= 0.6 is 0 Å². The van der Waals surface area contributed by atoms with Crippen LogP contribution in [-0.4, -0.2) is 11.8 Å². The molecule has 0 heterocycles. The fourth-order valence-corrected chi connectivity index (χ4v) is 2.21. The van der Waals surface area contributed by atoms with Gasteiger partial charge in [0.25, 0.3) is 0 Å². The van der Waals surface area contributed by atoms with Crippen LogP contribution in [0.3, 0.4) is 0 Å². The Morgan fingerprint density at radius 2 is 1.68 bits per heavy atom. The number of ketones is 1. The zero-order chi connectivity index (χ0) is 14.0. The minimum absolute atomic E-state index is 0.0659. The van der Waals surface area contributed by atoms with Gasteiger partial charge in [0.1, 0.15) is 0 Å². The normalized spacial score (nSPS) is 10.9. The number of hydrogen-bond acceptors (Lipinski definition) is 3. The molecule has 0 fully saturated rings. The second kappa shape index (κ2) is 5.22. The Morgan fingerprint density at radius 1 is 1.05 bits per heavy atom. The maximum absolute atomic E-state index is 12.2. The molecular weight excluding hydrogens is 240 g/mol. The van der Waals surface area contributed by atoms with Gasteiger partial charge in [-0.2, -0.15) is 0 Å². The lowest BCUT2D eigenvalue weighted by Crippen LogP contribution is -2.24. The molecule has 0 bridgehead atoms. The number of Topliss-reactive ketones (excluding diaryl/α,β-unsaturated/α-hetero) is 1. The van der Waals surface area contributed by atoms with Crippen LogP contribution in [0.2, 0.25) is 0 Å². The summed E-state index contributed by atoms with van der Waals surface area (Å²) in [6, 6.07) is 10.8. The van der Waals surface area contributed by atoms with Crippen molar-refractivity contribution in [2.45, 2.75) is 20.3 Å². The average Bonchev–Trinajstić information content (AvgIpc) is 2.37. The topological polar surface area (TPSA) is 57.2 Å². The van der Waals surface area contributed by atoms with E-state index < -0.39 is 5.97 Å². The van der Waals surface area contributed by atoms with Gasteiger partial charge in [-0.1, -0.05) is 50.2 Å². The molecule has 0 spiro atoms. The molecule has 0 aliphatic rings. The number of fused-ring (bicyclic) bond motifs is 1. The van der Waals surface area contributed by atoms with Gasteiger partial charge in [-0.3, -0.25) is 4.79 Å². The first kappa shape index (κ1) is 13.3. The third kappa shape index (κ3) is 2.65. The first-order valence-electron chi connectivity index (χ1n) is 6.25. The predicted octanol–water partition coefficient (Wildman–Crippen LogP) is 1.97. The molecule has 0 saturated heterocycles. The zero-order valence-corrected chi connectivity index (χ0v) is 11.0. The number of carbonyl (C=O) groups is 2. The van der Waals surface area contributed by atoms with Crippen LogP contribution < -0.4 is 5.11 Å². The summed E-state index contributed by atoms with van der Waals surface area (Å²) in [5.41, 5.74) is 1.32. The molecule has 0 aliphatic carbocycles. The Bertz CT molecular complexity index is 641. The Kier molecular flexibility index (Phi) is 3.65. The standard InChI is InChI=1S/C16H16O3/c1-10(2)16(19)14-8-4-6-12-11(9-15(17)18)5-3-7-13(12)14/h3-8,10H,9H2,1-2H3,(H,17,18)/p-1. The lowest BCUT2D eigenvalue weighted by Gasteiger charge is -2.11. The summed E-state index contributed by atoms with van der Waals surface area (Å²) in [6.07, 6.45) is -0.142. The summed E-state index contributed by atoms with van der Waals surface area (Å²) in [7, 11) is 0. The number of rotatable bonds is 4. The molecule has 98 valence electrons. The molecular formula is C16H15O3-. The Labute approximate surface area is 111 Å². The summed E-state index contributed by atoms with van der Waals surface area (Å²) in [5, 5.41) is 12.4. The fraction of sp³-hybridized carbons (Fsp3) is 0.250. The minimum atomic E-state index is -1.12. The Balaban J connectivity index is 2.64. The zero-order valence-electron chi connectivity index (χ0n) is 11.0. The molecule has 2 rings (SSSR count). The lowest BCUT2D eigenvalue weighted by molar-refractivity contribution is -0.304. The molecule has 0 aliphatic heterocycles. The van der Waals surface area contributed by atoms with Crippen molar-refractivity contribution >= 4 is 22.5 Å². The highest BCUT2D eigenvalue weighted by Gasteiger charge is 2.14. The summed E-state index contributed by atoms with van der Waals surface area (Å²) in [6.45, 7) is 3.71. The molecule has 2 aromatic carbocycles. The largest absolute Gasteiger partial charge is 0.550 e. The molecule has 3 nitrogen and oxygen atoms in total. The Morgan fingerprint density at radius 3 is 2.32 bits per heavy atom. The van der Waals surface area contributed by atoms with Crippen LogP contribution in [0.1, 0.15) is 29.8 Å². The van der Waals surface area contributed by atoms with E-state index in [1.807, 2.05) is 26.0 Å². The van der Waals surface area contributed by atoms with Crippen LogP contribution in [0.5, 0.6) is 0 Å². The maximum atomic E-state index is 12.2. The summed E-state index contributed by atoms with van der Waals surface area (Å²) >= 11 is 0. The third-order valence-corrected chi connectivity index (χ3v) is 3.14. The highest BCUT2D eigenvalue weighted by molar-refractivity contribution is 6.09. The first-order valence-corrected chi connectivity index (χ1v) is 6.25. The van der Waals surface area contributed by atoms with E-state index >= 15 is 0 Å². The highest BCUT2D eigenvalue weighted by Crippen LogP contribution is 2.24. The van der Waals surface area contributed by atoms with Gasteiger partial charge < -0.3 is 9.90 Å². The van der Waals surface area contributed by atoms with Gasteiger partial charge in [-0.05, 0) is 16.3 Å². The van der Waals surface area contributed by atoms with Crippen molar-refractivity contribution < 1.29 is 14.7 Å². The quantitative estimate of drug-likeness (QED) is 0.785. The molecule has 0 aromatic heterocycles. The van der Waals surface area contributed by atoms with Crippen LogP contribution in [0.4, 0.5) is 0 Å². The van der Waals surface area contributed by atoms with Gasteiger partial charge >= 0.3 is 0 Å². The van der Waals surface area contributed by atoms with Gasteiger partial charge in [0.2, 0.25) is 0 Å². The van der Waals surface area contributed by atoms with Crippen molar-refractivity contribution in [3.63, 3.8) is 0 Å². The van der Waals surface area contributed by atoms with Crippen molar-refractivity contribution in [2.75, 3.05) is 0 Å². The molecule has 19 heavy (non-hydrogen) atoms. The van der Waals surface area contributed by atoms with E-state index in [1.54, 1.807) is 24.3 Å². The molecule has 0 amide bonds. The number of carbonyl (C=O) groups excluding carboxylic acids is 2. The molecule has 0 radical (unpaired) electrons. The first-order chi connectivity index (χ1) is 9.00. The van der Waals surface area contributed by atoms with Gasteiger partial charge in [0, 0.05) is 23.9 Å². The number of carboxylic acid groups (broad SMARTS) is 1. The summed E-state index contributed by atoms with van der Waals surface area (Å²) in [4.78, 5) is 22.9. The van der Waals surface area contributed by atoms with Crippen LogP contribution in [0, 0.1) is 5.92 Å². The van der Waals surface area contributed by atoms with Gasteiger partial charge in [0.15, 0.2) is 5.78 Å². The number of aliphatic carboxylic acids is 1. The van der Waals surface area contributed by atoms with Gasteiger partial charge in [0.05, 0.1) is 0 Å². The highest BCUT2D eigenvalue weighted by atomic mass is 16.4. The van der Waals surface area contributed by atoms with Crippen LogP contribution in [-0.2, 0) is 11.2 Å². The average molecular weight is 255 g/mol. The van der Waals surface area contributed by atoms with Gasteiger partial charge in [-0.25, -0.2) is 0 Å². The molecule has 0 unspecified atom stereocenters. The smallest absolute Gasteiger partial charge is 0.166 e. The van der Waals surface area contributed by atoms with Crippen molar-refractivity contribution in [2.24, 2.45) is 5.92 Å². The van der Waals surface area contributed by atoms with Crippen LogP contribution in [0.25, 0.3) is 10.8 Å². The summed E-state index contributed by atoms with van der Waals surface area (Å²) < 4.78 is 0. The van der Waals surface area contributed by atoms with E-state index in [4.69, 9.17) is 0 Å². The van der Waals surface area contributed by atoms with E-state index in [0.717, 1.165) is 10.8 Å². The molecule has 0 saturated carbocycles. The fourth-order valence-electron chi connectivity index (χ4n) is 2.21. The van der Waals surface area contributed by atoms with Crippen molar-refractivity contribution in [3.05, 3.63) is 47.5 Å². The molecule has 0 atom stereocenters. The SMILES string of the molecule is CC(C)C(=O)c1cccc2c(CC(=O)[O-])cccc12. The maximum Gasteiger partial charge on any atom is 0.166 e. The minimum Gasteiger partial charge on any atom is -0.550 e.